The van der Waals surface area contributed by atoms with E-state index in [1.165, 1.54) is 5.57 Å². The zero-order valence-electron chi connectivity index (χ0n) is 11.9. The molecule has 0 radical (unpaired) electrons. The molecule has 0 aliphatic heterocycles. The molecule has 0 spiro atoms. The molecule has 1 rings (SSSR count). The van der Waals surface area contributed by atoms with E-state index in [0.717, 1.165) is 6.42 Å². The lowest BCUT2D eigenvalue weighted by Crippen LogP contribution is -2.42. The summed E-state index contributed by atoms with van der Waals surface area (Å²) in [6.45, 7) is 11.2. The Labute approximate surface area is 107 Å². The van der Waals surface area contributed by atoms with Gasteiger partial charge in [0, 0.05) is 18.0 Å². The topological polar surface area (TPSA) is 12.0 Å². The van der Waals surface area contributed by atoms with Crippen molar-refractivity contribution in [3.05, 3.63) is 36.0 Å². The highest BCUT2D eigenvalue weighted by Crippen LogP contribution is 2.29. The average molecular weight is 233 g/mol. The fraction of sp³-hybridized carbons (Fsp3) is 0.625. The molecule has 1 N–H and O–H groups in total. The summed E-state index contributed by atoms with van der Waals surface area (Å²) in [6, 6.07) is 0.971. The van der Waals surface area contributed by atoms with Crippen molar-refractivity contribution >= 4 is 0 Å². The molecule has 0 saturated carbocycles. The van der Waals surface area contributed by atoms with Crippen molar-refractivity contribution in [2.45, 2.75) is 53.1 Å². The summed E-state index contributed by atoms with van der Waals surface area (Å²) in [6.07, 6.45) is 12.5. The lowest BCUT2D eigenvalue weighted by molar-refractivity contribution is 0.361. The van der Waals surface area contributed by atoms with Gasteiger partial charge in [-0.1, -0.05) is 63.6 Å². The van der Waals surface area contributed by atoms with E-state index in [2.05, 4.69) is 70.3 Å². The van der Waals surface area contributed by atoms with E-state index in [1.807, 2.05) is 0 Å². The van der Waals surface area contributed by atoms with E-state index in [9.17, 15) is 0 Å². The monoisotopic (exact) mass is 233 g/mol. The van der Waals surface area contributed by atoms with Crippen LogP contribution in [0.5, 0.6) is 0 Å². The molecule has 0 aromatic heterocycles. The van der Waals surface area contributed by atoms with Crippen LogP contribution in [-0.4, -0.2) is 12.1 Å². The standard InChI is InChI=1S/C16H27N/c1-6-7-11-15(17-12(2)3)16-13(4)9-8-10-14(16)5/h7-13,15-17H,6H2,1-5H3/b11-7-. The van der Waals surface area contributed by atoms with Crippen LogP contribution in [0.4, 0.5) is 0 Å². The minimum Gasteiger partial charge on any atom is -0.308 e. The third-order valence-corrected chi connectivity index (χ3v) is 3.36. The largest absolute Gasteiger partial charge is 0.308 e. The molecule has 0 aromatic rings. The Morgan fingerprint density at radius 3 is 2.65 bits per heavy atom. The Bertz CT molecular complexity index is 309. The van der Waals surface area contributed by atoms with Gasteiger partial charge in [0.2, 0.25) is 0 Å². The van der Waals surface area contributed by atoms with Crippen LogP contribution < -0.4 is 5.32 Å². The van der Waals surface area contributed by atoms with E-state index in [0.29, 0.717) is 23.9 Å². The summed E-state index contributed by atoms with van der Waals surface area (Å²) >= 11 is 0. The SMILES string of the molecule is CC/C=C\C(NC(C)C)C1C(C)=CC=CC1C. The first kappa shape index (κ1) is 14.2. The second kappa shape index (κ2) is 6.80. The van der Waals surface area contributed by atoms with Gasteiger partial charge in [-0.25, -0.2) is 0 Å². The molecule has 0 saturated heterocycles. The third kappa shape index (κ3) is 4.16. The van der Waals surface area contributed by atoms with Gasteiger partial charge in [-0.05, 0) is 19.3 Å². The van der Waals surface area contributed by atoms with Gasteiger partial charge in [0.15, 0.2) is 0 Å². The molecular weight excluding hydrogens is 206 g/mol. The Hall–Kier alpha value is -0.820. The van der Waals surface area contributed by atoms with E-state index >= 15 is 0 Å². The maximum absolute atomic E-state index is 3.68. The molecule has 1 nitrogen and oxygen atoms in total. The van der Waals surface area contributed by atoms with Crippen LogP contribution in [0.1, 0.15) is 41.0 Å². The van der Waals surface area contributed by atoms with Crippen LogP contribution in [0.25, 0.3) is 0 Å². The first-order valence-corrected chi connectivity index (χ1v) is 6.84. The van der Waals surface area contributed by atoms with Crippen LogP contribution >= 0.6 is 0 Å². The number of rotatable bonds is 5. The van der Waals surface area contributed by atoms with Crippen molar-refractivity contribution in [3.63, 3.8) is 0 Å². The van der Waals surface area contributed by atoms with Crippen LogP contribution in [0.15, 0.2) is 36.0 Å². The Kier molecular flexibility index (Phi) is 5.70. The molecule has 1 aliphatic rings. The average Bonchev–Trinajstić information content (AvgIpc) is 2.24. The van der Waals surface area contributed by atoms with Crippen LogP contribution in [0, 0.1) is 11.8 Å². The maximum atomic E-state index is 3.68. The lowest BCUT2D eigenvalue weighted by atomic mass is 9.78. The predicted molar refractivity (Wildman–Crippen MR) is 77.0 cm³/mol. The number of hydrogen-bond donors (Lipinski definition) is 1. The Morgan fingerprint density at radius 2 is 2.12 bits per heavy atom. The molecular formula is C16H27N. The van der Waals surface area contributed by atoms with E-state index in [1.54, 1.807) is 0 Å². The van der Waals surface area contributed by atoms with Gasteiger partial charge in [-0.15, -0.1) is 0 Å². The highest BCUT2D eigenvalue weighted by Gasteiger charge is 2.26. The van der Waals surface area contributed by atoms with Crippen molar-refractivity contribution in [2.24, 2.45) is 11.8 Å². The molecule has 1 heteroatoms. The normalized spacial score (nSPS) is 26.6. The summed E-state index contributed by atoms with van der Waals surface area (Å²) in [4.78, 5) is 0. The van der Waals surface area contributed by atoms with Gasteiger partial charge in [0.05, 0.1) is 0 Å². The van der Waals surface area contributed by atoms with Crippen molar-refractivity contribution in [2.75, 3.05) is 0 Å². The molecule has 0 aromatic carbocycles. The summed E-state index contributed by atoms with van der Waals surface area (Å²) in [5, 5.41) is 3.68. The number of allylic oxidation sites excluding steroid dienone is 4. The fourth-order valence-electron chi connectivity index (χ4n) is 2.58. The number of hydrogen-bond acceptors (Lipinski definition) is 1. The predicted octanol–water partition coefficient (Wildman–Crippen LogP) is 4.09. The van der Waals surface area contributed by atoms with Gasteiger partial charge in [-0.2, -0.15) is 0 Å². The van der Waals surface area contributed by atoms with Crippen LogP contribution in [-0.2, 0) is 0 Å². The molecule has 1 aliphatic carbocycles. The lowest BCUT2D eigenvalue weighted by Gasteiger charge is -2.33. The van der Waals surface area contributed by atoms with Gasteiger partial charge in [0.25, 0.3) is 0 Å². The molecule has 0 fully saturated rings. The molecule has 3 unspecified atom stereocenters. The molecule has 0 bridgehead atoms. The Balaban J connectivity index is 2.84. The van der Waals surface area contributed by atoms with Crippen molar-refractivity contribution in [1.82, 2.24) is 5.32 Å². The first-order chi connectivity index (χ1) is 8.06. The van der Waals surface area contributed by atoms with Gasteiger partial charge >= 0.3 is 0 Å². The zero-order valence-corrected chi connectivity index (χ0v) is 11.9. The molecule has 0 amide bonds. The molecule has 17 heavy (non-hydrogen) atoms. The summed E-state index contributed by atoms with van der Waals surface area (Å²) in [7, 11) is 0. The minimum atomic E-state index is 0.450. The quantitative estimate of drug-likeness (QED) is 0.705. The number of nitrogens with one attached hydrogen (secondary N) is 1. The smallest absolute Gasteiger partial charge is 0.0323 e. The van der Waals surface area contributed by atoms with E-state index < -0.39 is 0 Å². The van der Waals surface area contributed by atoms with Crippen molar-refractivity contribution in [3.8, 4) is 0 Å². The summed E-state index contributed by atoms with van der Waals surface area (Å²) in [5.74, 6) is 1.20. The Morgan fingerprint density at radius 1 is 1.41 bits per heavy atom. The second-order valence-electron chi connectivity index (χ2n) is 5.36. The van der Waals surface area contributed by atoms with E-state index in [-0.39, 0.29) is 0 Å². The first-order valence-electron chi connectivity index (χ1n) is 6.84. The fourth-order valence-corrected chi connectivity index (χ4v) is 2.58. The van der Waals surface area contributed by atoms with Crippen molar-refractivity contribution in [1.29, 1.82) is 0 Å². The maximum Gasteiger partial charge on any atom is 0.0323 e. The summed E-state index contributed by atoms with van der Waals surface area (Å²) < 4.78 is 0. The summed E-state index contributed by atoms with van der Waals surface area (Å²) in [5.41, 5.74) is 1.49. The van der Waals surface area contributed by atoms with Crippen LogP contribution in [0.2, 0.25) is 0 Å². The van der Waals surface area contributed by atoms with Crippen LogP contribution in [0.3, 0.4) is 0 Å². The second-order valence-corrected chi connectivity index (χ2v) is 5.36. The third-order valence-electron chi connectivity index (χ3n) is 3.36. The molecule has 0 heterocycles. The van der Waals surface area contributed by atoms with E-state index in [4.69, 9.17) is 0 Å². The molecule has 3 atom stereocenters. The minimum absolute atomic E-state index is 0.450. The van der Waals surface area contributed by atoms with Gasteiger partial charge in [-0.3, -0.25) is 0 Å². The highest BCUT2D eigenvalue weighted by molar-refractivity contribution is 5.25. The molecule has 96 valence electrons. The van der Waals surface area contributed by atoms with Gasteiger partial charge < -0.3 is 5.32 Å². The van der Waals surface area contributed by atoms with Gasteiger partial charge in [0.1, 0.15) is 0 Å². The van der Waals surface area contributed by atoms with Crippen molar-refractivity contribution < 1.29 is 0 Å². The highest BCUT2D eigenvalue weighted by atomic mass is 14.9. The zero-order chi connectivity index (χ0) is 12.8.